The highest BCUT2D eigenvalue weighted by Gasteiger charge is 2.21. The van der Waals surface area contributed by atoms with Crippen LogP contribution in [0.3, 0.4) is 0 Å². The standard InChI is InChI=1S/C48H28N2S2/c1-3-11-31(12-4-1)49-37-21-19-29(27-35(37)45-39(49)23-25-43-47(45)33-15-7-9-17-41(33)51-43)30-20-22-38-36(28-30)46-40(50(38)32-13-5-2-6-14-32)24-26-44-48(46)34-16-8-10-18-42(34)52-44/h1-28H. The molecule has 0 aliphatic heterocycles. The maximum absolute atomic E-state index is 2.44. The van der Waals surface area contributed by atoms with Crippen molar-refractivity contribution in [3.63, 3.8) is 0 Å². The molecule has 242 valence electrons. The van der Waals surface area contributed by atoms with Crippen LogP contribution in [-0.4, -0.2) is 9.13 Å². The van der Waals surface area contributed by atoms with E-state index in [4.69, 9.17) is 0 Å². The summed E-state index contributed by atoms with van der Waals surface area (Å²) in [5.74, 6) is 0. The zero-order chi connectivity index (χ0) is 33.9. The molecule has 12 aromatic rings. The molecule has 0 radical (unpaired) electrons. The van der Waals surface area contributed by atoms with Crippen LogP contribution in [0.2, 0.25) is 0 Å². The van der Waals surface area contributed by atoms with Crippen molar-refractivity contribution >= 4 is 107 Å². The van der Waals surface area contributed by atoms with Crippen LogP contribution in [0.25, 0.3) is 106 Å². The minimum Gasteiger partial charge on any atom is -0.309 e. The molecule has 8 aromatic carbocycles. The molecule has 0 spiro atoms. The summed E-state index contributed by atoms with van der Waals surface area (Å²) in [4.78, 5) is 0. The molecule has 52 heavy (non-hydrogen) atoms. The number of thiophene rings is 2. The molecule has 4 heteroatoms. The van der Waals surface area contributed by atoms with Crippen LogP contribution >= 0.6 is 22.7 Å². The highest BCUT2D eigenvalue weighted by atomic mass is 32.1. The van der Waals surface area contributed by atoms with Gasteiger partial charge in [-0.3, -0.25) is 0 Å². The number of fused-ring (bicyclic) bond motifs is 14. The summed E-state index contributed by atoms with van der Waals surface area (Å²) >= 11 is 3.77. The van der Waals surface area contributed by atoms with E-state index in [1.165, 1.54) is 106 Å². The molecule has 0 N–H and O–H groups in total. The lowest BCUT2D eigenvalue weighted by atomic mass is 9.98. The van der Waals surface area contributed by atoms with Crippen molar-refractivity contribution in [3.8, 4) is 22.5 Å². The fraction of sp³-hybridized carbons (Fsp3) is 0. The van der Waals surface area contributed by atoms with E-state index in [2.05, 4.69) is 179 Å². The van der Waals surface area contributed by atoms with Gasteiger partial charge in [-0.25, -0.2) is 0 Å². The average Bonchev–Trinajstić information content (AvgIpc) is 3.95. The van der Waals surface area contributed by atoms with E-state index in [9.17, 15) is 0 Å². The lowest BCUT2D eigenvalue weighted by Gasteiger charge is -2.09. The van der Waals surface area contributed by atoms with Crippen molar-refractivity contribution in [2.45, 2.75) is 0 Å². The fourth-order valence-corrected chi connectivity index (χ4v) is 10.9. The van der Waals surface area contributed by atoms with E-state index in [0.717, 1.165) is 0 Å². The maximum atomic E-state index is 2.44. The first-order valence-electron chi connectivity index (χ1n) is 17.7. The minimum atomic E-state index is 1.18. The Morgan fingerprint density at radius 2 is 0.692 bits per heavy atom. The first-order valence-corrected chi connectivity index (χ1v) is 19.3. The molecule has 12 rings (SSSR count). The number of hydrogen-bond donors (Lipinski definition) is 0. The smallest absolute Gasteiger partial charge is 0.0548 e. The number of para-hydroxylation sites is 2. The van der Waals surface area contributed by atoms with Crippen LogP contribution in [-0.2, 0) is 0 Å². The molecule has 0 saturated heterocycles. The molecule has 0 saturated carbocycles. The number of hydrogen-bond acceptors (Lipinski definition) is 2. The monoisotopic (exact) mass is 696 g/mol. The molecule has 4 heterocycles. The predicted molar refractivity (Wildman–Crippen MR) is 226 cm³/mol. The Hall–Kier alpha value is -6.20. The van der Waals surface area contributed by atoms with Gasteiger partial charge in [0, 0.05) is 73.3 Å². The predicted octanol–water partition coefficient (Wildman–Crippen LogP) is 14.3. The zero-order valence-corrected chi connectivity index (χ0v) is 29.5. The SMILES string of the molecule is c1ccc(-n2c3ccc(-c4ccc5c(c4)c4c6c(ccc4n5-c4ccccc4)sc4ccccc46)cc3c3c4c(ccc32)sc2ccccc24)cc1. The van der Waals surface area contributed by atoms with Gasteiger partial charge in [0.2, 0.25) is 0 Å². The Morgan fingerprint density at radius 1 is 0.288 bits per heavy atom. The molecule has 0 amide bonds. The number of aromatic nitrogens is 2. The van der Waals surface area contributed by atoms with Gasteiger partial charge >= 0.3 is 0 Å². The molecule has 0 bridgehead atoms. The highest BCUT2D eigenvalue weighted by Crippen LogP contribution is 2.46. The second kappa shape index (κ2) is 10.7. The summed E-state index contributed by atoms with van der Waals surface area (Å²) in [6, 6.07) is 62.8. The van der Waals surface area contributed by atoms with Gasteiger partial charge in [-0.15, -0.1) is 22.7 Å². The van der Waals surface area contributed by atoms with E-state index in [1.807, 2.05) is 22.7 Å². The minimum absolute atomic E-state index is 1.18. The molecule has 0 aliphatic rings. The van der Waals surface area contributed by atoms with Gasteiger partial charge in [-0.2, -0.15) is 0 Å². The maximum Gasteiger partial charge on any atom is 0.0548 e. The Labute approximate surface area is 306 Å². The van der Waals surface area contributed by atoms with Crippen molar-refractivity contribution in [3.05, 3.63) is 170 Å². The van der Waals surface area contributed by atoms with E-state index in [-0.39, 0.29) is 0 Å². The first kappa shape index (κ1) is 28.5. The van der Waals surface area contributed by atoms with E-state index < -0.39 is 0 Å². The van der Waals surface area contributed by atoms with E-state index in [0.29, 0.717) is 0 Å². The third-order valence-corrected chi connectivity index (χ3v) is 13.2. The second-order valence-corrected chi connectivity index (χ2v) is 15.8. The number of rotatable bonds is 3. The van der Waals surface area contributed by atoms with Gasteiger partial charge < -0.3 is 9.13 Å². The highest BCUT2D eigenvalue weighted by molar-refractivity contribution is 7.26. The summed E-state index contributed by atoms with van der Waals surface area (Å²) in [5, 5.41) is 10.6. The van der Waals surface area contributed by atoms with Crippen molar-refractivity contribution in [1.82, 2.24) is 9.13 Å². The Balaban J connectivity index is 1.18. The lowest BCUT2D eigenvalue weighted by Crippen LogP contribution is -1.93. The topological polar surface area (TPSA) is 9.86 Å². The fourth-order valence-electron chi connectivity index (χ4n) is 8.72. The molecule has 0 aliphatic carbocycles. The van der Waals surface area contributed by atoms with Crippen LogP contribution in [0.15, 0.2) is 170 Å². The van der Waals surface area contributed by atoms with E-state index >= 15 is 0 Å². The third-order valence-electron chi connectivity index (χ3n) is 10.9. The molecular formula is C48H28N2S2. The summed E-state index contributed by atoms with van der Waals surface area (Å²) in [5.41, 5.74) is 9.72. The van der Waals surface area contributed by atoms with Crippen LogP contribution in [0.5, 0.6) is 0 Å². The quantitative estimate of drug-likeness (QED) is 0.174. The average molecular weight is 697 g/mol. The van der Waals surface area contributed by atoms with Gasteiger partial charge in [0.25, 0.3) is 0 Å². The summed E-state index contributed by atoms with van der Waals surface area (Å²) in [6.07, 6.45) is 0. The second-order valence-electron chi connectivity index (χ2n) is 13.7. The molecule has 4 aromatic heterocycles. The van der Waals surface area contributed by atoms with Gasteiger partial charge in [0.1, 0.15) is 0 Å². The Bertz CT molecular complexity index is 3170. The van der Waals surface area contributed by atoms with Crippen LogP contribution in [0.1, 0.15) is 0 Å². The van der Waals surface area contributed by atoms with Crippen LogP contribution in [0, 0.1) is 0 Å². The van der Waals surface area contributed by atoms with Crippen LogP contribution < -0.4 is 0 Å². The van der Waals surface area contributed by atoms with Crippen molar-refractivity contribution in [1.29, 1.82) is 0 Å². The van der Waals surface area contributed by atoms with Gasteiger partial charge in [0.15, 0.2) is 0 Å². The summed E-state index contributed by atoms with van der Waals surface area (Å²) in [7, 11) is 0. The zero-order valence-electron chi connectivity index (χ0n) is 27.9. The normalized spacial score (nSPS) is 12.2. The largest absolute Gasteiger partial charge is 0.309 e. The molecular weight excluding hydrogens is 669 g/mol. The summed E-state index contributed by atoms with van der Waals surface area (Å²) in [6.45, 7) is 0. The van der Waals surface area contributed by atoms with Crippen molar-refractivity contribution in [2.75, 3.05) is 0 Å². The van der Waals surface area contributed by atoms with E-state index in [1.54, 1.807) is 0 Å². The van der Waals surface area contributed by atoms with Crippen molar-refractivity contribution < 1.29 is 0 Å². The number of benzene rings is 8. The first-order chi connectivity index (χ1) is 25.8. The molecule has 2 nitrogen and oxygen atoms in total. The van der Waals surface area contributed by atoms with Gasteiger partial charge in [0.05, 0.1) is 22.1 Å². The summed E-state index contributed by atoms with van der Waals surface area (Å²) < 4.78 is 10.2. The van der Waals surface area contributed by atoms with Crippen molar-refractivity contribution in [2.24, 2.45) is 0 Å². The molecule has 0 unspecified atom stereocenters. The Morgan fingerprint density at radius 3 is 1.15 bits per heavy atom. The van der Waals surface area contributed by atoms with Crippen LogP contribution in [0.4, 0.5) is 0 Å². The van der Waals surface area contributed by atoms with Gasteiger partial charge in [-0.1, -0.05) is 84.9 Å². The Kier molecular flexibility index (Phi) is 5.84. The molecule has 0 atom stereocenters. The van der Waals surface area contributed by atoms with Gasteiger partial charge in [-0.05, 0) is 96.1 Å². The lowest BCUT2D eigenvalue weighted by molar-refractivity contribution is 1.18. The third kappa shape index (κ3) is 3.88. The molecule has 0 fully saturated rings. The number of nitrogens with zero attached hydrogens (tertiary/aromatic N) is 2.